The van der Waals surface area contributed by atoms with Crippen LogP contribution in [0.15, 0.2) is 58.1 Å². The third kappa shape index (κ3) is 6.24. The maximum Gasteiger partial charge on any atom is 0.330 e. The van der Waals surface area contributed by atoms with Crippen LogP contribution in [0.2, 0.25) is 10.0 Å². The molecule has 2 aliphatic rings. The number of carbonyl (C=O) groups is 1. The van der Waals surface area contributed by atoms with Gasteiger partial charge in [-0.05, 0) is 43.0 Å². The molecule has 1 aliphatic carbocycles. The molecule has 0 bridgehead atoms. The molecular weight excluding hydrogens is 727 g/mol. The summed E-state index contributed by atoms with van der Waals surface area (Å²) in [5, 5.41) is 6.56. The zero-order valence-electron chi connectivity index (χ0n) is 29.5. The average molecular weight is 765 g/mol. The van der Waals surface area contributed by atoms with E-state index in [1.54, 1.807) is 25.3 Å². The molecule has 5 aromatic rings. The van der Waals surface area contributed by atoms with Gasteiger partial charge in [-0.1, -0.05) is 66.9 Å². The van der Waals surface area contributed by atoms with Crippen LogP contribution in [0, 0.1) is 0 Å². The number of carbonyl (C=O) groups excluding carboxylic acids is 1. The fourth-order valence-electron chi connectivity index (χ4n) is 7.83. The van der Waals surface area contributed by atoms with Gasteiger partial charge in [-0.15, -0.1) is 0 Å². The number of hydrogen-bond donors (Lipinski definition) is 2. The van der Waals surface area contributed by atoms with E-state index >= 15 is 0 Å². The Morgan fingerprint density at radius 3 is 2.40 bits per heavy atom. The van der Waals surface area contributed by atoms with Crippen molar-refractivity contribution in [3.8, 4) is 28.3 Å². The van der Waals surface area contributed by atoms with Crippen molar-refractivity contribution in [1.29, 1.82) is 0 Å². The number of anilines is 2. The highest BCUT2D eigenvalue weighted by molar-refractivity contribution is 6.39. The summed E-state index contributed by atoms with van der Waals surface area (Å²) in [6, 6.07) is 13.8. The van der Waals surface area contributed by atoms with Crippen LogP contribution in [0.5, 0.6) is 5.88 Å². The number of ether oxygens (including phenoxy) is 1. The van der Waals surface area contributed by atoms with E-state index in [9.17, 15) is 23.2 Å². The minimum absolute atomic E-state index is 0.00176. The topological polar surface area (TPSA) is 123 Å². The molecule has 1 fully saturated rings. The van der Waals surface area contributed by atoms with Crippen LogP contribution in [0.4, 0.5) is 20.3 Å². The number of hydrogen-bond acceptors (Lipinski definition) is 8. The number of methoxy groups -OCH3 is 1. The first-order chi connectivity index (χ1) is 25.4. The van der Waals surface area contributed by atoms with E-state index in [1.807, 2.05) is 24.3 Å². The largest absolute Gasteiger partial charge is 0.481 e. The predicted octanol–water partition coefficient (Wildman–Crippen LogP) is 6.95. The van der Waals surface area contributed by atoms with Crippen LogP contribution >= 0.6 is 23.2 Å². The first-order valence-electron chi connectivity index (χ1n) is 17.2. The van der Waals surface area contributed by atoms with E-state index in [0.29, 0.717) is 33.3 Å². The molecule has 276 valence electrons. The number of benzene rings is 2. The fraction of sp³-hybridized carbons (Fsp3) is 0.342. The molecule has 1 saturated heterocycles. The van der Waals surface area contributed by atoms with Gasteiger partial charge in [-0.3, -0.25) is 23.6 Å². The summed E-state index contributed by atoms with van der Waals surface area (Å²) in [6.45, 7) is 3.64. The van der Waals surface area contributed by atoms with Crippen molar-refractivity contribution in [3.63, 3.8) is 0 Å². The Kier molecular flexibility index (Phi) is 9.77. The highest BCUT2D eigenvalue weighted by Gasteiger charge is 2.47. The zero-order chi connectivity index (χ0) is 37.8. The van der Waals surface area contributed by atoms with Gasteiger partial charge < -0.3 is 15.4 Å². The molecule has 0 spiro atoms. The lowest BCUT2D eigenvalue weighted by atomic mass is 9.83. The van der Waals surface area contributed by atoms with Crippen molar-refractivity contribution in [2.45, 2.75) is 50.6 Å². The normalized spacial score (nSPS) is 16.4. The number of nitrogens with one attached hydrogen (secondary N) is 2. The molecule has 1 unspecified atom stereocenters. The Labute approximate surface area is 313 Å². The standard InChI is InChI=1S/C38H37Cl2F2N7O4/c1-5-14-38(43-19-50)17-49(18-38)27-13-12-20-15-25(46-35(53-4)29(20)27)23-10-6-8-21(31(23)39)22-9-7-11-24(32(22)40)44-34-30-28(16-26(45-34)33(41)42)47(2)37(52)48(3)36(30)51/h6-11,15-16,19,27,33H,5,12-14,17-18H2,1-4H3,(H,43,50)(H,44,45). The van der Waals surface area contributed by atoms with Crippen LogP contribution in [-0.2, 0) is 25.3 Å². The quantitative estimate of drug-likeness (QED) is 0.139. The average Bonchev–Trinajstić information content (AvgIpc) is 3.56. The molecule has 0 saturated carbocycles. The van der Waals surface area contributed by atoms with E-state index in [0.717, 1.165) is 71.5 Å². The summed E-state index contributed by atoms with van der Waals surface area (Å²) in [6.07, 6.45) is 1.44. The van der Waals surface area contributed by atoms with Gasteiger partial charge in [0.1, 0.15) is 16.9 Å². The number of aromatic nitrogens is 4. The Hall–Kier alpha value is -4.85. The third-order valence-electron chi connectivity index (χ3n) is 10.4. The smallest absolute Gasteiger partial charge is 0.330 e. The van der Waals surface area contributed by atoms with Crippen LogP contribution in [0.3, 0.4) is 0 Å². The van der Waals surface area contributed by atoms with Gasteiger partial charge in [0.05, 0.1) is 39.6 Å². The second-order valence-corrected chi connectivity index (χ2v) is 14.4. The van der Waals surface area contributed by atoms with Gasteiger partial charge in [0.25, 0.3) is 12.0 Å². The molecule has 1 aliphatic heterocycles. The van der Waals surface area contributed by atoms with Crippen LogP contribution in [-0.4, -0.2) is 56.2 Å². The Bertz CT molecular complexity index is 2390. The number of aryl methyl sites for hydroxylation is 2. The molecule has 3 aromatic heterocycles. The molecule has 15 heteroatoms. The van der Waals surface area contributed by atoms with Crippen molar-refractivity contribution >= 4 is 52.0 Å². The second-order valence-electron chi connectivity index (χ2n) is 13.6. The molecule has 1 amide bonds. The number of halogens is 4. The lowest BCUT2D eigenvalue weighted by molar-refractivity contribution is -0.114. The number of amides is 1. The summed E-state index contributed by atoms with van der Waals surface area (Å²) >= 11 is 14.1. The van der Waals surface area contributed by atoms with Gasteiger partial charge in [0.15, 0.2) is 0 Å². The summed E-state index contributed by atoms with van der Waals surface area (Å²) in [4.78, 5) is 48.6. The van der Waals surface area contributed by atoms with Crippen molar-refractivity contribution in [1.82, 2.24) is 29.3 Å². The number of rotatable bonds is 11. The van der Waals surface area contributed by atoms with Gasteiger partial charge in [-0.25, -0.2) is 23.5 Å². The molecule has 53 heavy (non-hydrogen) atoms. The third-order valence-corrected chi connectivity index (χ3v) is 11.2. The van der Waals surface area contributed by atoms with E-state index in [2.05, 4.69) is 27.4 Å². The highest BCUT2D eigenvalue weighted by atomic mass is 35.5. The minimum Gasteiger partial charge on any atom is -0.481 e. The number of likely N-dealkylation sites (tertiary alicyclic amines) is 1. The van der Waals surface area contributed by atoms with Gasteiger partial charge in [-0.2, -0.15) is 0 Å². The zero-order valence-corrected chi connectivity index (χ0v) is 31.0. The maximum atomic E-state index is 14.0. The molecule has 1 atom stereocenters. The first kappa shape index (κ1) is 36.5. The summed E-state index contributed by atoms with van der Waals surface area (Å²) in [7, 11) is 4.31. The summed E-state index contributed by atoms with van der Waals surface area (Å²) in [5.41, 5.74) is 2.67. The number of nitrogens with zero attached hydrogens (tertiary/aromatic N) is 5. The molecule has 4 heterocycles. The summed E-state index contributed by atoms with van der Waals surface area (Å²) in [5.74, 6) is 0.353. The number of fused-ring (bicyclic) bond motifs is 2. The molecule has 7 rings (SSSR count). The van der Waals surface area contributed by atoms with Crippen LogP contribution < -0.4 is 26.6 Å². The van der Waals surface area contributed by atoms with Crippen molar-refractivity contribution in [3.05, 3.63) is 96.2 Å². The van der Waals surface area contributed by atoms with E-state index in [-0.39, 0.29) is 39.0 Å². The van der Waals surface area contributed by atoms with E-state index < -0.39 is 23.4 Å². The Balaban J connectivity index is 1.24. The van der Waals surface area contributed by atoms with E-state index in [4.69, 9.17) is 32.9 Å². The predicted molar refractivity (Wildman–Crippen MR) is 202 cm³/mol. The lowest BCUT2D eigenvalue weighted by Gasteiger charge is -2.52. The molecule has 2 aromatic carbocycles. The van der Waals surface area contributed by atoms with Crippen molar-refractivity contribution in [2.24, 2.45) is 14.1 Å². The minimum atomic E-state index is -2.97. The SMILES string of the molecule is CCCC1(NC=O)CN(C2CCc3cc(-c4cccc(-c5cccc(Nc6nc(C(F)F)cc7c6c(=O)n(C)c(=O)n7C)c5Cl)c4Cl)nc(OC)c32)C1. The van der Waals surface area contributed by atoms with E-state index in [1.165, 1.54) is 14.1 Å². The van der Waals surface area contributed by atoms with Crippen LogP contribution in [0.25, 0.3) is 33.3 Å². The first-order valence-corrected chi connectivity index (χ1v) is 17.9. The molecule has 2 N–H and O–H groups in total. The summed E-state index contributed by atoms with van der Waals surface area (Å²) < 4.78 is 35.8. The van der Waals surface area contributed by atoms with Crippen LogP contribution in [0.1, 0.15) is 55.5 Å². The van der Waals surface area contributed by atoms with Gasteiger partial charge in [0, 0.05) is 55.5 Å². The number of pyridine rings is 2. The molecular formula is C38H37Cl2F2N7O4. The Morgan fingerprint density at radius 2 is 1.72 bits per heavy atom. The fourth-order valence-corrected chi connectivity index (χ4v) is 8.43. The molecule has 11 nitrogen and oxygen atoms in total. The monoisotopic (exact) mass is 763 g/mol. The second kappa shape index (κ2) is 14.2. The van der Waals surface area contributed by atoms with Gasteiger partial charge >= 0.3 is 5.69 Å². The van der Waals surface area contributed by atoms with Crippen molar-refractivity contribution < 1.29 is 18.3 Å². The van der Waals surface area contributed by atoms with Gasteiger partial charge in [0.2, 0.25) is 12.3 Å². The highest BCUT2D eigenvalue weighted by Crippen LogP contribution is 2.47. The van der Waals surface area contributed by atoms with Crippen molar-refractivity contribution in [2.75, 3.05) is 25.5 Å². The Morgan fingerprint density at radius 1 is 1.02 bits per heavy atom. The number of alkyl halides is 2. The lowest BCUT2D eigenvalue weighted by Crippen LogP contribution is -2.69. The molecule has 0 radical (unpaired) electrons. The maximum absolute atomic E-state index is 14.0.